The largest absolute Gasteiger partial charge is 0.368 e. The smallest absolute Gasteiger partial charge is 0.243 e. The van der Waals surface area contributed by atoms with Gasteiger partial charge in [-0.1, -0.05) is 25.4 Å². The summed E-state index contributed by atoms with van der Waals surface area (Å²) in [6.45, 7) is 10.5. The van der Waals surface area contributed by atoms with Gasteiger partial charge in [-0.3, -0.25) is 0 Å². The van der Waals surface area contributed by atoms with Crippen molar-refractivity contribution in [2.24, 2.45) is 11.7 Å². The van der Waals surface area contributed by atoms with E-state index in [1.54, 1.807) is 0 Å². The van der Waals surface area contributed by atoms with Gasteiger partial charge in [0.05, 0.1) is 6.04 Å². The zero-order chi connectivity index (χ0) is 13.1. The fraction of sp³-hybridized carbons (Fsp3) is 0.833. The number of hydrogen-bond acceptors (Lipinski definition) is 5. The molecule has 2 N–H and O–H groups in total. The van der Waals surface area contributed by atoms with Crippen LogP contribution < -0.4 is 5.73 Å². The van der Waals surface area contributed by atoms with Gasteiger partial charge in [0.1, 0.15) is 5.60 Å². The highest BCUT2D eigenvalue weighted by molar-refractivity contribution is 5.00. The highest BCUT2D eigenvalue weighted by Gasteiger charge is 2.29. The zero-order valence-electron chi connectivity index (χ0n) is 11.4. The minimum absolute atomic E-state index is 0.210. The summed E-state index contributed by atoms with van der Waals surface area (Å²) < 4.78 is 10.8. The number of aromatic nitrogens is 2. The Kier molecular flexibility index (Phi) is 4.65. The molecule has 0 saturated carbocycles. The molecule has 0 spiro atoms. The van der Waals surface area contributed by atoms with Gasteiger partial charge >= 0.3 is 0 Å². The first kappa shape index (κ1) is 14.1. The van der Waals surface area contributed by atoms with Crippen molar-refractivity contribution in [1.82, 2.24) is 10.1 Å². The molecule has 0 aliphatic rings. The first-order valence-corrected chi connectivity index (χ1v) is 6.16. The molecule has 2 atom stereocenters. The van der Waals surface area contributed by atoms with Crippen LogP contribution >= 0.6 is 0 Å². The van der Waals surface area contributed by atoms with Crippen molar-refractivity contribution in [3.05, 3.63) is 11.7 Å². The highest BCUT2D eigenvalue weighted by atomic mass is 16.5. The fourth-order valence-electron chi connectivity index (χ4n) is 1.54. The van der Waals surface area contributed by atoms with Crippen LogP contribution in [-0.2, 0) is 10.3 Å². The van der Waals surface area contributed by atoms with Crippen molar-refractivity contribution >= 4 is 0 Å². The SMILES string of the molecule is CCOC(C)(C)c1noc([C@@H](N)[C@@H](C)CC)n1. The highest BCUT2D eigenvalue weighted by Crippen LogP contribution is 2.25. The van der Waals surface area contributed by atoms with Gasteiger partial charge in [0.2, 0.25) is 11.7 Å². The van der Waals surface area contributed by atoms with E-state index in [1.165, 1.54) is 0 Å². The molecule has 0 fully saturated rings. The van der Waals surface area contributed by atoms with Crippen LogP contribution in [0.1, 0.15) is 58.8 Å². The van der Waals surface area contributed by atoms with Crippen molar-refractivity contribution in [2.45, 2.75) is 52.7 Å². The summed E-state index contributed by atoms with van der Waals surface area (Å²) in [5.74, 6) is 1.36. The van der Waals surface area contributed by atoms with Crippen LogP contribution in [0.5, 0.6) is 0 Å². The third-order valence-electron chi connectivity index (χ3n) is 3.03. The van der Waals surface area contributed by atoms with E-state index in [1.807, 2.05) is 20.8 Å². The molecule has 1 aromatic heterocycles. The minimum Gasteiger partial charge on any atom is -0.368 e. The van der Waals surface area contributed by atoms with E-state index in [0.29, 0.717) is 24.2 Å². The maximum absolute atomic E-state index is 6.04. The summed E-state index contributed by atoms with van der Waals surface area (Å²) in [5.41, 5.74) is 5.51. The fourth-order valence-corrected chi connectivity index (χ4v) is 1.54. The molecule has 0 radical (unpaired) electrons. The Morgan fingerprint density at radius 1 is 1.41 bits per heavy atom. The molecule has 0 unspecified atom stereocenters. The van der Waals surface area contributed by atoms with Crippen molar-refractivity contribution < 1.29 is 9.26 Å². The zero-order valence-corrected chi connectivity index (χ0v) is 11.4. The predicted molar refractivity (Wildman–Crippen MR) is 65.3 cm³/mol. The molecule has 1 heterocycles. The van der Waals surface area contributed by atoms with Gasteiger partial charge in [-0.25, -0.2) is 0 Å². The first-order valence-electron chi connectivity index (χ1n) is 6.16. The van der Waals surface area contributed by atoms with Crippen molar-refractivity contribution in [1.29, 1.82) is 0 Å². The summed E-state index contributed by atoms with van der Waals surface area (Å²) in [7, 11) is 0. The van der Waals surface area contributed by atoms with E-state index < -0.39 is 5.60 Å². The van der Waals surface area contributed by atoms with Gasteiger partial charge in [0.25, 0.3) is 0 Å². The first-order chi connectivity index (χ1) is 7.92. The molecule has 0 aromatic carbocycles. The van der Waals surface area contributed by atoms with Crippen LogP contribution in [-0.4, -0.2) is 16.7 Å². The average molecular weight is 241 g/mol. The quantitative estimate of drug-likeness (QED) is 0.827. The molecule has 1 rings (SSSR count). The van der Waals surface area contributed by atoms with Crippen LogP contribution in [0.15, 0.2) is 4.52 Å². The van der Waals surface area contributed by atoms with Gasteiger partial charge in [0.15, 0.2) is 0 Å². The summed E-state index contributed by atoms with van der Waals surface area (Å²) in [5, 5.41) is 3.95. The van der Waals surface area contributed by atoms with Gasteiger partial charge in [-0.05, 0) is 26.7 Å². The van der Waals surface area contributed by atoms with Gasteiger partial charge in [-0.15, -0.1) is 0 Å². The average Bonchev–Trinajstić information content (AvgIpc) is 2.76. The Hall–Kier alpha value is -0.940. The second-order valence-electron chi connectivity index (χ2n) is 4.81. The molecule has 98 valence electrons. The van der Waals surface area contributed by atoms with Crippen molar-refractivity contribution in [3.8, 4) is 0 Å². The maximum atomic E-state index is 6.04. The van der Waals surface area contributed by atoms with Crippen molar-refractivity contribution in [3.63, 3.8) is 0 Å². The van der Waals surface area contributed by atoms with E-state index >= 15 is 0 Å². The summed E-state index contributed by atoms with van der Waals surface area (Å²) in [6.07, 6.45) is 0.980. The van der Waals surface area contributed by atoms with E-state index in [0.717, 1.165) is 6.42 Å². The molecule has 0 saturated heterocycles. The Labute approximate surface area is 103 Å². The lowest BCUT2D eigenvalue weighted by Gasteiger charge is -2.20. The lowest BCUT2D eigenvalue weighted by Crippen LogP contribution is -2.24. The van der Waals surface area contributed by atoms with Crippen LogP contribution in [0, 0.1) is 5.92 Å². The Balaban J connectivity index is 2.84. The van der Waals surface area contributed by atoms with Crippen molar-refractivity contribution in [2.75, 3.05) is 6.61 Å². The van der Waals surface area contributed by atoms with E-state index in [4.69, 9.17) is 15.0 Å². The molecule has 5 nitrogen and oxygen atoms in total. The Bertz CT molecular complexity index is 349. The van der Waals surface area contributed by atoms with Gasteiger partial charge in [-0.2, -0.15) is 4.98 Å². The summed E-state index contributed by atoms with van der Waals surface area (Å²) in [4.78, 5) is 4.34. The maximum Gasteiger partial charge on any atom is 0.243 e. The minimum atomic E-state index is -0.536. The number of hydrogen-bond donors (Lipinski definition) is 1. The van der Waals surface area contributed by atoms with Gasteiger partial charge in [0, 0.05) is 6.61 Å². The summed E-state index contributed by atoms with van der Waals surface area (Å²) >= 11 is 0. The Morgan fingerprint density at radius 3 is 2.59 bits per heavy atom. The molecule has 0 aliphatic carbocycles. The molecule has 1 aromatic rings. The third kappa shape index (κ3) is 3.26. The van der Waals surface area contributed by atoms with E-state index in [9.17, 15) is 0 Å². The van der Waals surface area contributed by atoms with Crippen LogP contribution in [0.3, 0.4) is 0 Å². The lowest BCUT2D eigenvalue weighted by atomic mass is 10.0. The van der Waals surface area contributed by atoms with Crippen LogP contribution in [0.2, 0.25) is 0 Å². The predicted octanol–water partition coefficient (Wildman–Crippen LogP) is 2.39. The molecular weight excluding hydrogens is 218 g/mol. The van der Waals surface area contributed by atoms with E-state index in [-0.39, 0.29) is 6.04 Å². The normalized spacial score (nSPS) is 15.9. The van der Waals surface area contributed by atoms with E-state index in [2.05, 4.69) is 24.0 Å². The number of nitrogens with two attached hydrogens (primary N) is 1. The van der Waals surface area contributed by atoms with Crippen LogP contribution in [0.4, 0.5) is 0 Å². The summed E-state index contributed by atoms with van der Waals surface area (Å²) in [6, 6.07) is -0.210. The topological polar surface area (TPSA) is 74.2 Å². The molecule has 0 bridgehead atoms. The number of ether oxygens (including phenoxy) is 1. The van der Waals surface area contributed by atoms with Crippen LogP contribution in [0.25, 0.3) is 0 Å². The number of rotatable bonds is 6. The molecule has 0 aliphatic heterocycles. The molecule has 0 amide bonds. The monoisotopic (exact) mass is 241 g/mol. The third-order valence-corrected chi connectivity index (χ3v) is 3.03. The Morgan fingerprint density at radius 2 is 2.06 bits per heavy atom. The molecule has 17 heavy (non-hydrogen) atoms. The second kappa shape index (κ2) is 5.60. The molecule has 5 heteroatoms. The second-order valence-corrected chi connectivity index (χ2v) is 4.81. The molecular formula is C12H23N3O2. The lowest BCUT2D eigenvalue weighted by molar-refractivity contribution is -0.0221. The standard InChI is InChI=1S/C12H23N3O2/c1-6-8(3)9(13)10-14-11(15-17-10)12(4,5)16-7-2/h8-9H,6-7,13H2,1-5H3/t8-,9-/m0/s1. The number of nitrogens with zero attached hydrogens (tertiary/aromatic N) is 2. The van der Waals surface area contributed by atoms with Gasteiger partial charge < -0.3 is 15.0 Å².